The fourth-order valence-corrected chi connectivity index (χ4v) is 14.2. The van der Waals surface area contributed by atoms with E-state index in [9.17, 15) is 47.9 Å². The highest BCUT2D eigenvalue weighted by atomic mass is 79.9. The van der Waals surface area contributed by atoms with Gasteiger partial charge in [0.2, 0.25) is 23.6 Å². The summed E-state index contributed by atoms with van der Waals surface area (Å²) in [5.41, 5.74) is -4.05. The molecule has 2 aromatic rings. The van der Waals surface area contributed by atoms with E-state index in [1.165, 1.54) is 51.3 Å². The highest BCUT2D eigenvalue weighted by Gasteiger charge is 2.63. The number of nitrogens with zero attached hydrogens (tertiary/aromatic N) is 7. The number of allylic oxidation sites excluding steroid dienone is 2. The number of halogens is 3. The number of alkyl carbamates (subject to hydrolysis) is 2. The molecule has 10 rings (SSSR count). The lowest BCUT2D eigenvalue weighted by molar-refractivity contribution is -0.150. The van der Waals surface area contributed by atoms with Crippen LogP contribution in [-0.2, 0) is 47.7 Å². The molecule has 524 valence electrons. The van der Waals surface area contributed by atoms with Gasteiger partial charge in [-0.25, -0.2) is 28.5 Å². The average Bonchev–Trinajstić information content (AvgIpc) is 1.59. The zero-order valence-corrected chi connectivity index (χ0v) is 60.7. The smallest absolute Gasteiger partial charge is 0.408 e. The van der Waals surface area contributed by atoms with Crippen molar-refractivity contribution in [3.8, 4) is 0 Å². The van der Waals surface area contributed by atoms with E-state index in [2.05, 4.69) is 89.5 Å². The molecule has 0 radical (unpaired) electrons. The standard InChI is InChI=1S/C33H47BrN6O7.C29H39Br2N5O7.C4H9N/c1-5-46-30(44)33-18-21(33)13-9-7-6-8-10-14-23(36-31(45)47-32(2,3)4)28(42)39-20-22(17-24(39)27(41)37-33)40-29(43)26(34)25(19-35-40)38-15-11-12-16-38;1-5-42-26(40)29-14-17(29)11-9-7-6-8-10-12-20(33-27(41)43-28(2,3)4)24(38)35-16-18(13-21(35)23(37)34-29)36-25(39)22(31)19(30)15-32-36;1-2-4-5-3-1/h9,13,19,21-24H,5-8,10-12,14-18,20H2,1-4H3,(H,36,45)(H,37,41);9,11,15,17-18,20-21H,5-8,10,12-14,16H2,1-4H3,(H,33,41)(H,34,37);5H,1-4H2/b13-9-;11-9-;/t21-,22-,23+,24+,33-;17-,18-,20+,21+,29-;/m11./s1. The quantitative estimate of drug-likeness (QED) is 0.0911. The first-order valence-corrected chi connectivity index (χ1v) is 36.1. The molecule has 0 aromatic carbocycles. The van der Waals surface area contributed by atoms with Gasteiger partial charge in [-0.2, -0.15) is 10.2 Å². The van der Waals surface area contributed by atoms with Gasteiger partial charge in [-0.05, 0) is 193 Å². The van der Waals surface area contributed by atoms with E-state index in [-0.39, 0.29) is 61.0 Å². The number of anilines is 1. The van der Waals surface area contributed by atoms with Crippen LogP contribution in [0.1, 0.15) is 183 Å². The maximum absolute atomic E-state index is 14.3. The zero-order chi connectivity index (χ0) is 69.0. The Morgan fingerprint density at radius 3 is 1.43 bits per heavy atom. The Hall–Kier alpha value is -6.20. The van der Waals surface area contributed by atoms with E-state index < -0.39 is 112 Å². The van der Waals surface area contributed by atoms with Crippen molar-refractivity contribution in [1.29, 1.82) is 0 Å². The molecular formula is C66H95Br3N12O14. The molecule has 6 aliphatic heterocycles. The Balaban J connectivity index is 0.000000227. The Labute approximate surface area is 580 Å². The van der Waals surface area contributed by atoms with Crippen molar-refractivity contribution < 1.29 is 57.3 Å². The predicted octanol–water partition coefficient (Wildman–Crippen LogP) is 7.73. The monoisotopic (exact) mass is 1520 g/mol. The van der Waals surface area contributed by atoms with Crippen LogP contribution >= 0.6 is 47.8 Å². The van der Waals surface area contributed by atoms with Gasteiger partial charge < -0.3 is 60.2 Å². The normalized spacial score (nSPS) is 28.7. The SMILES string of the molecule is C1CCNC1.CCOC(=O)[C@@]12C[C@H]1/C=C\CCCCC[C@H](NC(=O)OC(C)(C)C)C(=O)N1C[C@H](n3ncc(Br)c(Br)c3=O)C[C@H]1C(=O)N2.CCOC(=O)[C@@]12C[C@H]1/C=C\CCCCC[C@H](NC(=O)OC(C)(C)C)C(=O)N1C[C@H](n3ncc(N4CCCC4)c(Br)c3=O)C[C@H]1C(=O)N2. The number of aromatic nitrogens is 4. The second-order valence-corrected chi connectivity index (χ2v) is 30.0. The van der Waals surface area contributed by atoms with Crippen molar-refractivity contribution in [2.45, 2.75) is 229 Å². The molecule has 6 amide bonds. The summed E-state index contributed by atoms with van der Waals surface area (Å²) in [5, 5.41) is 23.3. The molecule has 26 nitrogen and oxygen atoms in total. The Kier molecular flexibility index (Phi) is 25.8. The van der Waals surface area contributed by atoms with Crippen molar-refractivity contribution in [2.24, 2.45) is 11.8 Å². The zero-order valence-electron chi connectivity index (χ0n) is 55.9. The van der Waals surface area contributed by atoms with Crippen molar-refractivity contribution in [2.75, 3.05) is 57.4 Å². The van der Waals surface area contributed by atoms with Crippen molar-refractivity contribution >= 4 is 101 Å². The number of carbonyl (C=O) groups is 8. The van der Waals surface area contributed by atoms with E-state index in [0.717, 1.165) is 70.1 Å². The summed E-state index contributed by atoms with van der Waals surface area (Å²) in [4.78, 5) is 140. The summed E-state index contributed by atoms with van der Waals surface area (Å²) < 4.78 is 25.3. The lowest BCUT2D eigenvalue weighted by atomic mass is 10.0. The van der Waals surface area contributed by atoms with Crippen LogP contribution in [0.2, 0.25) is 0 Å². The predicted molar refractivity (Wildman–Crippen MR) is 364 cm³/mol. The van der Waals surface area contributed by atoms with Gasteiger partial charge in [0, 0.05) is 50.9 Å². The van der Waals surface area contributed by atoms with Gasteiger partial charge in [0.15, 0.2) is 0 Å². The van der Waals surface area contributed by atoms with Crippen molar-refractivity contribution in [3.63, 3.8) is 0 Å². The maximum atomic E-state index is 14.3. The number of amides is 6. The summed E-state index contributed by atoms with van der Waals surface area (Å²) >= 11 is 10.0. The third kappa shape index (κ3) is 19.1. The largest absolute Gasteiger partial charge is 0.464 e. The summed E-state index contributed by atoms with van der Waals surface area (Å²) in [6.45, 7) is 18.4. The summed E-state index contributed by atoms with van der Waals surface area (Å²) in [7, 11) is 0. The Morgan fingerprint density at radius 1 is 0.589 bits per heavy atom. The molecule has 8 heterocycles. The van der Waals surface area contributed by atoms with Gasteiger partial charge in [0.1, 0.15) is 55.4 Å². The maximum Gasteiger partial charge on any atom is 0.408 e. The summed E-state index contributed by atoms with van der Waals surface area (Å²) in [6, 6.07) is -5.23. The van der Waals surface area contributed by atoms with Crippen LogP contribution in [0, 0.1) is 11.8 Å². The third-order valence-electron chi connectivity index (χ3n) is 18.1. The fraction of sp³-hybridized carbons (Fsp3) is 0.697. The number of nitrogens with one attached hydrogen (secondary N) is 5. The van der Waals surface area contributed by atoms with E-state index in [1.54, 1.807) is 61.6 Å². The van der Waals surface area contributed by atoms with Crippen molar-refractivity contribution in [3.05, 3.63) is 70.8 Å². The van der Waals surface area contributed by atoms with Crippen LogP contribution in [0.5, 0.6) is 0 Å². The molecule has 2 aliphatic carbocycles. The lowest BCUT2D eigenvalue weighted by Gasteiger charge is -2.30. The molecule has 29 heteroatoms. The lowest BCUT2D eigenvalue weighted by Crippen LogP contribution is -2.56. The van der Waals surface area contributed by atoms with E-state index in [1.807, 2.05) is 24.3 Å². The first-order valence-electron chi connectivity index (χ1n) is 33.7. The fourth-order valence-electron chi connectivity index (χ4n) is 13.1. The molecule has 0 spiro atoms. The van der Waals surface area contributed by atoms with Gasteiger partial charge in [-0.3, -0.25) is 28.8 Å². The number of fused-ring (bicyclic) bond motifs is 4. The molecule has 10 atom stereocenters. The van der Waals surface area contributed by atoms with E-state index >= 15 is 0 Å². The molecule has 5 N–H and O–H groups in total. The van der Waals surface area contributed by atoms with Crippen LogP contribution in [0.3, 0.4) is 0 Å². The Morgan fingerprint density at radius 2 is 1.02 bits per heavy atom. The second kappa shape index (κ2) is 32.9. The number of esters is 2. The molecule has 0 bridgehead atoms. The molecular weight excluding hydrogens is 1420 g/mol. The van der Waals surface area contributed by atoms with Crippen LogP contribution in [0.25, 0.3) is 0 Å². The first-order chi connectivity index (χ1) is 45.1. The van der Waals surface area contributed by atoms with Gasteiger partial charge in [-0.15, -0.1) is 0 Å². The van der Waals surface area contributed by atoms with Gasteiger partial charge in [-0.1, -0.05) is 50.0 Å². The molecule has 8 aliphatic rings. The molecule has 2 saturated carbocycles. The highest BCUT2D eigenvalue weighted by Crippen LogP contribution is 2.48. The van der Waals surface area contributed by atoms with Crippen LogP contribution in [-0.4, -0.2) is 176 Å². The number of carbonyl (C=O) groups excluding carboxylic acids is 8. The summed E-state index contributed by atoms with van der Waals surface area (Å²) in [6.07, 6.45) is 22.3. The highest BCUT2D eigenvalue weighted by molar-refractivity contribution is 9.13. The molecule has 0 unspecified atom stereocenters. The second-order valence-electron chi connectivity index (χ2n) is 27.6. The average molecular weight is 1520 g/mol. The van der Waals surface area contributed by atoms with Gasteiger partial charge in [0.25, 0.3) is 11.1 Å². The third-order valence-corrected chi connectivity index (χ3v) is 20.7. The van der Waals surface area contributed by atoms with E-state index in [4.69, 9.17) is 18.9 Å². The minimum Gasteiger partial charge on any atom is -0.464 e. The molecule has 4 saturated heterocycles. The van der Waals surface area contributed by atoms with Crippen LogP contribution in [0.4, 0.5) is 15.3 Å². The van der Waals surface area contributed by atoms with Gasteiger partial charge in [0.05, 0.1) is 47.9 Å². The van der Waals surface area contributed by atoms with E-state index in [0.29, 0.717) is 47.5 Å². The van der Waals surface area contributed by atoms with Crippen molar-refractivity contribution in [1.82, 2.24) is 55.9 Å². The molecule has 2 aromatic heterocycles. The minimum absolute atomic E-state index is 0.000134. The topological polar surface area (TPSA) is 313 Å². The number of ether oxygens (including phenoxy) is 4. The summed E-state index contributed by atoms with van der Waals surface area (Å²) in [5.74, 6) is -3.45. The molecule has 95 heavy (non-hydrogen) atoms. The molecule has 6 fully saturated rings. The Bertz CT molecular complexity index is 3300. The van der Waals surface area contributed by atoms with Gasteiger partial charge >= 0.3 is 24.1 Å². The number of hydrogen-bond acceptors (Lipinski definition) is 18. The minimum atomic E-state index is -1.22. The number of hydrogen-bond donors (Lipinski definition) is 5. The number of rotatable bonds is 9. The van der Waals surface area contributed by atoms with Crippen LogP contribution in [0.15, 0.2) is 59.7 Å². The van der Waals surface area contributed by atoms with Crippen LogP contribution < -0.4 is 42.6 Å². The first kappa shape index (κ1) is 74.6.